The summed E-state index contributed by atoms with van der Waals surface area (Å²) in [7, 11) is 0. The molecule has 0 aromatic carbocycles. The Labute approximate surface area is 85.0 Å². The van der Waals surface area contributed by atoms with Crippen LogP contribution in [0.3, 0.4) is 0 Å². The number of hydrogen-bond donors (Lipinski definition) is 1. The SMILES string of the molecule is O=[C]([SnH])C1CN(CCO)CCO1. The Morgan fingerprint density at radius 2 is 2.50 bits per heavy atom. The Bertz CT molecular complexity index is 163. The van der Waals surface area contributed by atoms with E-state index in [9.17, 15) is 4.79 Å². The molecule has 1 aliphatic heterocycles. The fraction of sp³-hybridized carbons (Fsp3) is 0.857. The molecule has 68 valence electrons. The zero-order chi connectivity index (χ0) is 8.97. The third-order valence-corrected chi connectivity index (χ3v) is 2.95. The third kappa shape index (κ3) is 3.01. The first kappa shape index (κ1) is 10.4. The zero-order valence-electron chi connectivity index (χ0n) is 6.90. The predicted molar refractivity (Wildman–Crippen MR) is 45.4 cm³/mol. The van der Waals surface area contributed by atoms with Gasteiger partial charge in [0.15, 0.2) is 0 Å². The van der Waals surface area contributed by atoms with E-state index in [0.717, 1.165) is 6.54 Å². The first-order valence-corrected chi connectivity index (χ1v) is 5.63. The average molecular weight is 278 g/mol. The number of nitrogens with zero attached hydrogens (tertiary/aromatic N) is 1. The molecule has 0 amide bonds. The van der Waals surface area contributed by atoms with Gasteiger partial charge in [-0.2, -0.15) is 0 Å². The monoisotopic (exact) mass is 279 g/mol. The maximum absolute atomic E-state index is 11.0. The van der Waals surface area contributed by atoms with Crippen LogP contribution in [-0.2, 0) is 9.53 Å². The van der Waals surface area contributed by atoms with E-state index in [-0.39, 0.29) is 16.5 Å². The molecule has 4 nitrogen and oxygen atoms in total. The van der Waals surface area contributed by atoms with Gasteiger partial charge < -0.3 is 0 Å². The number of rotatable bonds is 3. The van der Waals surface area contributed by atoms with E-state index >= 15 is 0 Å². The molecule has 1 saturated heterocycles. The van der Waals surface area contributed by atoms with Crippen molar-refractivity contribution in [2.45, 2.75) is 6.10 Å². The van der Waals surface area contributed by atoms with Gasteiger partial charge in [-0.05, 0) is 0 Å². The van der Waals surface area contributed by atoms with Crippen LogP contribution in [0.1, 0.15) is 0 Å². The second-order valence-electron chi connectivity index (χ2n) is 2.79. The van der Waals surface area contributed by atoms with Crippen molar-refractivity contribution in [3.8, 4) is 0 Å². The quantitative estimate of drug-likeness (QED) is 0.613. The van der Waals surface area contributed by atoms with Crippen molar-refractivity contribution in [3.63, 3.8) is 0 Å². The maximum atomic E-state index is 11.0. The molecule has 0 aliphatic carbocycles. The molecule has 0 saturated carbocycles. The van der Waals surface area contributed by atoms with Crippen LogP contribution in [-0.4, -0.2) is 75.3 Å². The summed E-state index contributed by atoms with van der Waals surface area (Å²) in [5.41, 5.74) is 0. The van der Waals surface area contributed by atoms with Gasteiger partial charge in [0, 0.05) is 0 Å². The summed E-state index contributed by atoms with van der Waals surface area (Å²) < 4.78 is 5.47. The first-order valence-electron chi connectivity index (χ1n) is 3.98. The summed E-state index contributed by atoms with van der Waals surface area (Å²) in [4.78, 5) is 13.1. The molecule has 1 unspecified atom stereocenters. The van der Waals surface area contributed by atoms with Crippen LogP contribution in [0.5, 0.6) is 0 Å². The molecule has 1 fully saturated rings. The molecule has 1 atom stereocenters. The van der Waals surface area contributed by atoms with E-state index in [1.165, 1.54) is 0 Å². The van der Waals surface area contributed by atoms with Crippen LogP contribution in [0.15, 0.2) is 0 Å². The Hall–Kier alpha value is 0.349. The number of carbonyl (C=O) groups excluding carboxylic acids is 1. The summed E-state index contributed by atoms with van der Waals surface area (Å²) in [5.74, 6) is 0. The normalized spacial score (nSPS) is 25.7. The summed E-state index contributed by atoms with van der Waals surface area (Å²) in [6.07, 6.45) is -0.229. The standard InChI is InChI=1S/C7H12NO3.Sn.H/c9-3-1-8-2-4-11-7(5-8)6-10;;/h7,9H,1-5H2;;. The molecule has 5 heteroatoms. The average Bonchev–Trinajstić information content (AvgIpc) is 2.05. The molecule has 1 rings (SSSR count). The van der Waals surface area contributed by atoms with Crippen molar-refractivity contribution in [2.75, 3.05) is 32.8 Å². The summed E-state index contributed by atoms with van der Waals surface area (Å²) in [6, 6.07) is 0. The Morgan fingerprint density at radius 1 is 1.75 bits per heavy atom. The number of carbonyl (C=O) groups is 1. The molecule has 0 aromatic heterocycles. The van der Waals surface area contributed by atoms with Gasteiger partial charge in [-0.25, -0.2) is 0 Å². The van der Waals surface area contributed by atoms with Crippen molar-refractivity contribution in [1.82, 2.24) is 4.90 Å². The van der Waals surface area contributed by atoms with Gasteiger partial charge in [0.05, 0.1) is 0 Å². The minimum absolute atomic E-state index is 0.154. The van der Waals surface area contributed by atoms with E-state index in [0.29, 0.717) is 42.2 Å². The van der Waals surface area contributed by atoms with Crippen molar-refractivity contribution in [1.29, 1.82) is 0 Å². The molecule has 1 aliphatic rings. The van der Waals surface area contributed by atoms with Crippen molar-refractivity contribution >= 4 is 26.3 Å². The molecule has 0 bridgehead atoms. The van der Waals surface area contributed by atoms with Gasteiger partial charge in [0.1, 0.15) is 0 Å². The van der Waals surface area contributed by atoms with E-state index in [2.05, 4.69) is 4.90 Å². The Morgan fingerprint density at radius 3 is 3.08 bits per heavy atom. The Balaban J connectivity index is 2.35. The number of ether oxygens (including phenoxy) is 1. The van der Waals surface area contributed by atoms with Gasteiger partial charge in [0.2, 0.25) is 0 Å². The van der Waals surface area contributed by atoms with E-state index < -0.39 is 0 Å². The van der Waals surface area contributed by atoms with Gasteiger partial charge >= 0.3 is 84.8 Å². The molecule has 0 aromatic rings. The van der Waals surface area contributed by atoms with Gasteiger partial charge in [-0.15, -0.1) is 0 Å². The molecular weight excluding hydrogens is 265 g/mol. The number of aliphatic hydroxyl groups is 1. The van der Waals surface area contributed by atoms with Crippen LogP contribution in [0, 0.1) is 0 Å². The molecule has 12 heavy (non-hydrogen) atoms. The topological polar surface area (TPSA) is 49.8 Å². The molecule has 1 N–H and O–H groups in total. The van der Waals surface area contributed by atoms with Gasteiger partial charge in [-0.1, -0.05) is 0 Å². The number of morpholine rings is 1. The molecule has 1 heterocycles. The van der Waals surface area contributed by atoms with Gasteiger partial charge in [-0.3, -0.25) is 0 Å². The molecular formula is C7H13NO3Sn. The van der Waals surface area contributed by atoms with Crippen LogP contribution >= 0.6 is 0 Å². The number of hydrogen-bond acceptors (Lipinski definition) is 4. The van der Waals surface area contributed by atoms with Crippen LogP contribution in [0.4, 0.5) is 0 Å². The van der Waals surface area contributed by atoms with Crippen molar-refractivity contribution in [2.24, 2.45) is 0 Å². The first-order chi connectivity index (χ1) is 5.74. The van der Waals surface area contributed by atoms with Crippen molar-refractivity contribution in [3.05, 3.63) is 0 Å². The third-order valence-electron chi connectivity index (χ3n) is 1.88. The van der Waals surface area contributed by atoms with Gasteiger partial charge in [0.25, 0.3) is 0 Å². The van der Waals surface area contributed by atoms with Crippen LogP contribution < -0.4 is 0 Å². The molecule has 2 radical (unpaired) electrons. The van der Waals surface area contributed by atoms with E-state index in [4.69, 9.17) is 9.84 Å². The predicted octanol–water partition coefficient (Wildman–Crippen LogP) is -1.89. The van der Waals surface area contributed by atoms with E-state index in [1.54, 1.807) is 0 Å². The number of aliphatic hydroxyl groups excluding tert-OH is 1. The fourth-order valence-electron chi connectivity index (χ4n) is 1.22. The van der Waals surface area contributed by atoms with Crippen molar-refractivity contribution < 1.29 is 14.6 Å². The Kier molecular flexibility index (Phi) is 4.48. The summed E-state index contributed by atoms with van der Waals surface area (Å²) in [6.45, 7) is 2.89. The van der Waals surface area contributed by atoms with E-state index in [1.807, 2.05) is 0 Å². The van der Waals surface area contributed by atoms with Crippen LogP contribution in [0.25, 0.3) is 0 Å². The zero-order valence-corrected chi connectivity index (χ0v) is 10.2. The second-order valence-corrected chi connectivity index (χ2v) is 4.41. The summed E-state index contributed by atoms with van der Waals surface area (Å²) in [5, 5.41) is 8.68. The number of β-amino-alcohol motifs (C(OH)–C–C–N with tert-alkyl or cyclic N) is 1. The summed E-state index contributed by atoms with van der Waals surface area (Å²) >= 11 is 0.615. The second kappa shape index (κ2) is 5.16. The minimum atomic E-state index is -0.229. The van der Waals surface area contributed by atoms with Crippen LogP contribution in [0.2, 0.25) is 0 Å². The fourth-order valence-corrected chi connectivity index (χ4v) is 1.79. The molecule has 0 spiro atoms.